The Hall–Kier alpha value is -1.69. The molecule has 1 unspecified atom stereocenters. The maximum absolute atomic E-state index is 11.1. The Morgan fingerprint density at radius 2 is 2.47 bits per heavy atom. The molecule has 0 aliphatic carbocycles. The van der Waals surface area contributed by atoms with Crippen LogP contribution in [0.25, 0.3) is 0 Å². The summed E-state index contributed by atoms with van der Waals surface area (Å²) >= 11 is 0. The fourth-order valence-corrected chi connectivity index (χ4v) is 2.55. The molecule has 1 aromatic heterocycles. The van der Waals surface area contributed by atoms with E-state index in [1.54, 1.807) is 12.3 Å². The number of nitrogens with one attached hydrogen (secondary N) is 1. The van der Waals surface area contributed by atoms with Crippen molar-refractivity contribution in [3.05, 3.63) is 28.4 Å². The second-order valence-corrected chi connectivity index (χ2v) is 4.80. The number of rotatable bonds is 5. The fourth-order valence-electron chi connectivity index (χ4n) is 2.55. The number of anilines is 1. The van der Waals surface area contributed by atoms with Crippen molar-refractivity contribution in [3.63, 3.8) is 0 Å². The predicted octanol–water partition coefficient (Wildman–Crippen LogP) is 1.96. The molecule has 1 N–H and O–H groups in total. The Morgan fingerprint density at radius 3 is 3.11 bits per heavy atom. The van der Waals surface area contributed by atoms with E-state index in [4.69, 9.17) is 0 Å². The SMILES string of the molecule is CCCN(c1ncccc1[N+](=O)[O-])C1CCCNC1. The van der Waals surface area contributed by atoms with Gasteiger partial charge < -0.3 is 10.2 Å². The number of aromatic nitrogens is 1. The number of hydrogen-bond acceptors (Lipinski definition) is 5. The lowest BCUT2D eigenvalue weighted by Crippen LogP contribution is -2.47. The fraction of sp³-hybridized carbons (Fsp3) is 0.615. The summed E-state index contributed by atoms with van der Waals surface area (Å²) in [6.07, 6.45) is 4.73. The molecule has 6 heteroatoms. The van der Waals surface area contributed by atoms with Crippen LogP contribution in [-0.4, -0.2) is 35.6 Å². The summed E-state index contributed by atoms with van der Waals surface area (Å²) in [4.78, 5) is 17.1. The van der Waals surface area contributed by atoms with E-state index in [2.05, 4.69) is 22.1 Å². The molecule has 1 fully saturated rings. The maximum atomic E-state index is 11.1. The molecule has 0 spiro atoms. The minimum absolute atomic E-state index is 0.0986. The van der Waals surface area contributed by atoms with Crippen LogP contribution in [0, 0.1) is 10.1 Å². The second kappa shape index (κ2) is 6.47. The molecule has 0 bridgehead atoms. The average Bonchev–Trinajstić information content (AvgIpc) is 2.45. The molecule has 1 saturated heterocycles. The van der Waals surface area contributed by atoms with Crippen molar-refractivity contribution >= 4 is 11.5 Å². The molecule has 0 aromatic carbocycles. The molecule has 19 heavy (non-hydrogen) atoms. The van der Waals surface area contributed by atoms with Gasteiger partial charge in [0.15, 0.2) is 0 Å². The van der Waals surface area contributed by atoms with Gasteiger partial charge in [-0.25, -0.2) is 4.98 Å². The third kappa shape index (κ3) is 3.20. The average molecular weight is 264 g/mol. The van der Waals surface area contributed by atoms with Gasteiger partial charge in [0.2, 0.25) is 5.82 Å². The molecule has 2 rings (SSSR count). The van der Waals surface area contributed by atoms with E-state index in [-0.39, 0.29) is 10.6 Å². The van der Waals surface area contributed by atoms with Gasteiger partial charge in [0.05, 0.1) is 4.92 Å². The lowest BCUT2D eigenvalue weighted by atomic mass is 10.1. The van der Waals surface area contributed by atoms with Crippen molar-refractivity contribution in [1.29, 1.82) is 0 Å². The molecule has 1 aliphatic heterocycles. The first-order valence-electron chi connectivity index (χ1n) is 6.80. The van der Waals surface area contributed by atoms with Gasteiger partial charge in [0, 0.05) is 31.4 Å². The minimum Gasteiger partial charge on any atom is -0.347 e. The Morgan fingerprint density at radius 1 is 1.63 bits per heavy atom. The van der Waals surface area contributed by atoms with E-state index < -0.39 is 0 Å². The van der Waals surface area contributed by atoms with Crippen LogP contribution in [0.5, 0.6) is 0 Å². The number of nitro groups is 1. The van der Waals surface area contributed by atoms with E-state index in [1.807, 2.05) is 0 Å². The first-order valence-corrected chi connectivity index (χ1v) is 6.80. The largest absolute Gasteiger partial charge is 0.347 e. The van der Waals surface area contributed by atoms with Gasteiger partial charge in [-0.15, -0.1) is 0 Å². The number of piperidine rings is 1. The molecular weight excluding hydrogens is 244 g/mol. The molecule has 0 amide bonds. The first kappa shape index (κ1) is 13.7. The summed E-state index contributed by atoms with van der Waals surface area (Å²) in [5, 5.41) is 14.5. The minimum atomic E-state index is -0.346. The third-order valence-corrected chi connectivity index (χ3v) is 3.41. The first-order chi connectivity index (χ1) is 9.24. The Labute approximate surface area is 113 Å². The zero-order valence-electron chi connectivity index (χ0n) is 11.2. The van der Waals surface area contributed by atoms with Crippen LogP contribution in [0.15, 0.2) is 18.3 Å². The van der Waals surface area contributed by atoms with Crippen LogP contribution in [0.2, 0.25) is 0 Å². The van der Waals surface area contributed by atoms with E-state index in [0.29, 0.717) is 11.9 Å². The summed E-state index contributed by atoms with van der Waals surface area (Å²) < 4.78 is 0. The monoisotopic (exact) mass is 264 g/mol. The van der Waals surface area contributed by atoms with E-state index in [0.717, 1.165) is 38.9 Å². The van der Waals surface area contributed by atoms with Crippen molar-refractivity contribution in [2.75, 3.05) is 24.5 Å². The summed E-state index contributed by atoms with van der Waals surface area (Å²) in [7, 11) is 0. The molecule has 0 saturated carbocycles. The van der Waals surface area contributed by atoms with Crippen molar-refractivity contribution < 1.29 is 4.92 Å². The van der Waals surface area contributed by atoms with Gasteiger partial charge in [0.25, 0.3) is 0 Å². The van der Waals surface area contributed by atoms with Crippen molar-refractivity contribution in [3.8, 4) is 0 Å². The zero-order valence-corrected chi connectivity index (χ0v) is 11.2. The van der Waals surface area contributed by atoms with Crippen LogP contribution in [0.1, 0.15) is 26.2 Å². The quantitative estimate of drug-likeness (QED) is 0.650. The normalized spacial score (nSPS) is 19.1. The van der Waals surface area contributed by atoms with Gasteiger partial charge in [-0.2, -0.15) is 0 Å². The van der Waals surface area contributed by atoms with E-state index in [9.17, 15) is 10.1 Å². The van der Waals surface area contributed by atoms with Crippen LogP contribution in [0.3, 0.4) is 0 Å². The molecule has 1 atom stereocenters. The van der Waals surface area contributed by atoms with E-state index >= 15 is 0 Å². The Kier molecular flexibility index (Phi) is 4.68. The maximum Gasteiger partial charge on any atom is 0.311 e. The lowest BCUT2D eigenvalue weighted by Gasteiger charge is -2.35. The van der Waals surface area contributed by atoms with Crippen molar-refractivity contribution in [2.45, 2.75) is 32.2 Å². The highest BCUT2D eigenvalue weighted by molar-refractivity contribution is 5.58. The van der Waals surface area contributed by atoms with Crippen molar-refractivity contribution in [2.24, 2.45) is 0 Å². The Balaban J connectivity index is 2.29. The predicted molar refractivity (Wildman–Crippen MR) is 74.4 cm³/mol. The number of hydrogen-bond donors (Lipinski definition) is 1. The Bertz CT molecular complexity index is 432. The topological polar surface area (TPSA) is 71.3 Å². The van der Waals surface area contributed by atoms with Crippen LogP contribution in [0.4, 0.5) is 11.5 Å². The van der Waals surface area contributed by atoms with Crippen molar-refractivity contribution in [1.82, 2.24) is 10.3 Å². The highest BCUT2D eigenvalue weighted by Crippen LogP contribution is 2.28. The van der Waals surface area contributed by atoms with Gasteiger partial charge in [-0.1, -0.05) is 6.92 Å². The van der Waals surface area contributed by atoms with Gasteiger partial charge in [-0.05, 0) is 31.9 Å². The summed E-state index contributed by atoms with van der Waals surface area (Å²) in [6, 6.07) is 3.44. The third-order valence-electron chi connectivity index (χ3n) is 3.41. The molecule has 1 aromatic rings. The highest BCUT2D eigenvalue weighted by Gasteiger charge is 2.27. The standard InChI is InChI=1S/C13H20N4O2/c1-2-9-16(11-5-3-7-14-10-11)13-12(17(18)19)6-4-8-15-13/h4,6,8,11,14H,2-3,5,7,9-10H2,1H3. The second-order valence-electron chi connectivity index (χ2n) is 4.80. The van der Waals surface area contributed by atoms with Gasteiger partial charge in [0.1, 0.15) is 0 Å². The lowest BCUT2D eigenvalue weighted by molar-refractivity contribution is -0.384. The zero-order chi connectivity index (χ0) is 13.7. The van der Waals surface area contributed by atoms with Crippen LogP contribution < -0.4 is 10.2 Å². The van der Waals surface area contributed by atoms with Crippen LogP contribution >= 0.6 is 0 Å². The number of pyridine rings is 1. The highest BCUT2D eigenvalue weighted by atomic mass is 16.6. The summed E-state index contributed by atoms with van der Waals surface area (Å²) in [6.45, 7) is 4.77. The summed E-state index contributed by atoms with van der Waals surface area (Å²) in [5.41, 5.74) is 0.0986. The molecule has 6 nitrogen and oxygen atoms in total. The molecular formula is C13H20N4O2. The molecule has 104 valence electrons. The van der Waals surface area contributed by atoms with Gasteiger partial charge in [-0.3, -0.25) is 10.1 Å². The molecule has 2 heterocycles. The van der Waals surface area contributed by atoms with Gasteiger partial charge >= 0.3 is 5.69 Å². The smallest absolute Gasteiger partial charge is 0.311 e. The molecule has 0 radical (unpaired) electrons. The van der Waals surface area contributed by atoms with E-state index in [1.165, 1.54) is 6.07 Å². The number of nitrogens with zero attached hydrogens (tertiary/aromatic N) is 3. The molecule has 1 aliphatic rings. The summed E-state index contributed by atoms with van der Waals surface area (Å²) in [5.74, 6) is 0.503. The van der Waals surface area contributed by atoms with Crippen LogP contribution in [-0.2, 0) is 0 Å².